The van der Waals surface area contributed by atoms with Crippen LogP contribution in [0.4, 0.5) is 13.2 Å². The molecule has 1 saturated heterocycles. The number of amides is 2. The van der Waals surface area contributed by atoms with Crippen LogP contribution in [0.2, 0.25) is 10.0 Å². The van der Waals surface area contributed by atoms with Crippen LogP contribution in [0.1, 0.15) is 29.2 Å². The van der Waals surface area contributed by atoms with Crippen molar-refractivity contribution in [2.24, 2.45) is 5.92 Å². The minimum Gasteiger partial charge on any atom is -0.355 e. The lowest BCUT2D eigenvalue weighted by Crippen LogP contribution is -2.35. The van der Waals surface area contributed by atoms with Gasteiger partial charge in [-0.15, -0.1) is 0 Å². The van der Waals surface area contributed by atoms with Crippen LogP contribution in [0.5, 0.6) is 0 Å². The number of rotatable bonds is 4. The molecular weight excluding hydrogens is 416 g/mol. The van der Waals surface area contributed by atoms with E-state index < -0.39 is 34.6 Å². The predicted octanol–water partition coefficient (Wildman–Crippen LogP) is 4.35. The van der Waals surface area contributed by atoms with Crippen LogP contribution in [0.3, 0.4) is 0 Å². The largest absolute Gasteiger partial charge is 0.417 e. The summed E-state index contributed by atoms with van der Waals surface area (Å²) in [6.45, 7) is 0.187. The number of hydrogen-bond acceptors (Lipinski definition) is 2. The Morgan fingerprint density at radius 3 is 2.32 bits per heavy atom. The van der Waals surface area contributed by atoms with Crippen molar-refractivity contribution in [3.63, 3.8) is 0 Å². The van der Waals surface area contributed by atoms with Crippen LogP contribution in [0.25, 0.3) is 0 Å². The van der Waals surface area contributed by atoms with Crippen molar-refractivity contribution in [2.75, 3.05) is 6.54 Å². The highest BCUT2D eigenvalue weighted by Crippen LogP contribution is 2.37. The Kier molecular flexibility index (Phi) is 5.86. The summed E-state index contributed by atoms with van der Waals surface area (Å²) in [5.74, 6) is -1.26. The Balaban J connectivity index is 1.98. The van der Waals surface area contributed by atoms with Gasteiger partial charge in [-0.05, 0) is 35.4 Å². The van der Waals surface area contributed by atoms with E-state index in [1.54, 1.807) is 24.3 Å². The van der Waals surface area contributed by atoms with Gasteiger partial charge < -0.3 is 10.6 Å². The summed E-state index contributed by atoms with van der Waals surface area (Å²) in [5.41, 5.74) is -0.229. The zero-order chi connectivity index (χ0) is 20.5. The molecule has 2 aromatic rings. The Morgan fingerprint density at radius 2 is 1.75 bits per heavy atom. The summed E-state index contributed by atoms with van der Waals surface area (Å²) in [6.07, 6.45) is -4.60. The molecule has 28 heavy (non-hydrogen) atoms. The quantitative estimate of drug-likeness (QED) is 0.757. The SMILES string of the molecule is O=C1C[C@H](C(=O)NC(c2ccc(Cl)cc2)c2ccc(Cl)c(C(F)(F)F)c2)CN1. The molecule has 1 fully saturated rings. The highest BCUT2D eigenvalue weighted by molar-refractivity contribution is 6.31. The molecule has 0 aromatic heterocycles. The molecule has 2 amide bonds. The van der Waals surface area contributed by atoms with E-state index in [0.717, 1.165) is 12.1 Å². The Labute approximate surface area is 169 Å². The van der Waals surface area contributed by atoms with E-state index in [-0.39, 0.29) is 24.4 Å². The van der Waals surface area contributed by atoms with Crippen molar-refractivity contribution in [3.05, 3.63) is 69.2 Å². The third-order valence-electron chi connectivity index (χ3n) is 4.47. The molecule has 1 unspecified atom stereocenters. The van der Waals surface area contributed by atoms with E-state index >= 15 is 0 Å². The molecule has 3 rings (SSSR count). The Morgan fingerprint density at radius 1 is 1.11 bits per heavy atom. The molecule has 2 aromatic carbocycles. The molecular formula is C19H15Cl2F3N2O2. The minimum atomic E-state index is -4.64. The van der Waals surface area contributed by atoms with Gasteiger partial charge in [-0.25, -0.2) is 0 Å². The summed E-state index contributed by atoms with van der Waals surface area (Å²) in [6, 6.07) is 9.03. The number of carbonyl (C=O) groups excluding carboxylic acids is 2. The smallest absolute Gasteiger partial charge is 0.355 e. The van der Waals surface area contributed by atoms with E-state index in [1.807, 2.05) is 0 Å². The minimum absolute atomic E-state index is 0.0353. The Bertz CT molecular complexity index is 901. The van der Waals surface area contributed by atoms with Crippen molar-refractivity contribution in [2.45, 2.75) is 18.6 Å². The highest BCUT2D eigenvalue weighted by Gasteiger charge is 2.35. The maximum atomic E-state index is 13.3. The number of hydrogen-bond donors (Lipinski definition) is 2. The highest BCUT2D eigenvalue weighted by atomic mass is 35.5. The number of benzene rings is 2. The number of carbonyl (C=O) groups is 2. The maximum Gasteiger partial charge on any atom is 0.417 e. The number of nitrogens with one attached hydrogen (secondary N) is 2. The molecule has 0 spiro atoms. The summed E-state index contributed by atoms with van der Waals surface area (Å²) >= 11 is 11.6. The van der Waals surface area contributed by atoms with Crippen LogP contribution >= 0.6 is 23.2 Å². The van der Waals surface area contributed by atoms with Gasteiger partial charge in [0.25, 0.3) is 0 Å². The van der Waals surface area contributed by atoms with Gasteiger partial charge in [0.15, 0.2) is 0 Å². The van der Waals surface area contributed by atoms with E-state index in [4.69, 9.17) is 23.2 Å². The van der Waals surface area contributed by atoms with Gasteiger partial charge >= 0.3 is 6.18 Å². The molecule has 0 aliphatic carbocycles. The van der Waals surface area contributed by atoms with Gasteiger partial charge in [-0.3, -0.25) is 9.59 Å². The van der Waals surface area contributed by atoms with E-state index in [0.29, 0.717) is 10.6 Å². The average molecular weight is 431 g/mol. The summed E-state index contributed by atoms with van der Waals surface area (Å²) in [7, 11) is 0. The molecule has 1 aliphatic heterocycles. The van der Waals surface area contributed by atoms with E-state index in [2.05, 4.69) is 10.6 Å². The lowest BCUT2D eigenvalue weighted by Gasteiger charge is -2.23. The van der Waals surface area contributed by atoms with Gasteiger partial charge in [0, 0.05) is 18.0 Å². The van der Waals surface area contributed by atoms with Gasteiger partial charge in [0.05, 0.1) is 22.5 Å². The molecule has 0 bridgehead atoms. The number of alkyl halides is 3. The van der Waals surface area contributed by atoms with E-state index in [1.165, 1.54) is 6.07 Å². The van der Waals surface area contributed by atoms with Crippen LogP contribution in [-0.4, -0.2) is 18.4 Å². The van der Waals surface area contributed by atoms with Crippen molar-refractivity contribution >= 4 is 35.0 Å². The molecule has 9 heteroatoms. The predicted molar refractivity (Wildman–Crippen MR) is 99.0 cm³/mol. The van der Waals surface area contributed by atoms with Crippen molar-refractivity contribution in [1.29, 1.82) is 0 Å². The first kappa shape index (κ1) is 20.5. The molecule has 1 heterocycles. The standard InChI is InChI=1S/C19H15Cl2F3N2O2/c20-13-4-1-10(2-5-13)17(26-18(28)12-8-16(27)25-9-12)11-3-6-15(21)14(7-11)19(22,23)24/h1-7,12,17H,8-9H2,(H,25,27)(H,26,28)/t12-,17?/m0/s1. The lowest BCUT2D eigenvalue weighted by molar-refractivity contribution is -0.137. The third kappa shape index (κ3) is 4.59. The van der Waals surface area contributed by atoms with Gasteiger partial charge in [0.2, 0.25) is 11.8 Å². The maximum absolute atomic E-state index is 13.3. The summed E-state index contributed by atoms with van der Waals surface area (Å²) in [5, 5.41) is 5.33. The lowest BCUT2D eigenvalue weighted by atomic mass is 9.95. The van der Waals surface area contributed by atoms with Crippen LogP contribution in [0, 0.1) is 5.92 Å². The summed E-state index contributed by atoms with van der Waals surface area (Å²) in [4.78, 5) is 24.0. The van der Waals surface area contributed by atoms with Crippen LogP contribution in [-0.2, 0) is 15.8 Å². The molecule has 2 N–H and O–H groups in total. The first-order valence-corrected chi connectivity index (χ1v) is 9.10. The molecule has 1 aliphatic rings. The normalized spacial score (nSPS) is 17.9. The second-order valence-corrected chi connectivity index (χ2v) is 7.28. The first-order chi connectivity index (χ1) is 13.1. The van der Waals surface area contributed by atoms with Gasteiger partial charge in [-0.2, -0.15) is 13.2 Å². The fourth-order valence-corrected chi connectivity index (χ4v) is 3.36. The second kappa shape index (κ2) is 8.01. The zero-order valence-corrected chi connectivity index (χ0v) is 15.8. The zero-order valence-electron chi connectivity index (χ0n) is 14.3. The van der Waals surface area contributed by atoms with Crippen LogP contribution in [0.15, 0.2) is 42.5 Å². The fraction of sp³-hybridized carbons (Fsp3) is 0.263. The second-order valence-electron chi connectivity index (χ2n) is 6.44. The fourth-order valence-electron chi connectivity index (χ4n) is 3.00. The first-order valence-electron chi connectivity index (χ1n) is 8.34. The molecule has 0 saturated carbocycles. The van der Waals surface area contributed by atoms with Gasteiger partial charge in [-0.1, -0.05) is 41.4 Å². The van der Waals surface area contributed by atoms with E-state index in [9.17, 15) is 22.8 Å². The van der Waals surface area contributed by atoms with Crippen molar-refractivity contribution in [1.82, 2.24) is 10.6 Å². The Hall–Kier alpha value is -2.25. The third-order valence-corrected chi connectivity index (χ3v) is 5.05. The summed E-state index contributed by atoms with van der Waals surface area (Å²) < 4.78 is 39.8. The molecule has 2 atom stereocenters. The van der Waals surface area contributed by atoms with Crippen LogP contribution < -0.4 is 10.6 Å². The van der Waals surface area contributed by atoms with Crippen molar-refractivity contribution < 1.29 is 22.8 Å². The topological polar surface area (TPSA) is 58.2 Å². The molecule has 4 nitrogen and oxygen atoms in total. The monoisotopic (exact) mass is 430 g/mol. The molecule has 0 radical (unpaired) electrons. The van der Waals surface area contributed by atoms with Crippen molar-refractivity contribution in [3.8, 4) is 0 Å². The average Bonchev–Trinajstić information content (AvgIpc) is 3.07. The number of halogens is 5. The van der Waals surface area contributed by atoms with Gasteiger partial charge in [0.1, 0.15) is 0 Å². The molecule has 148 valence electrons.